The number of benzene rings is 1. The summed E-state index contributed by atoms with van der Waals surface area (Å²) in [6.45, 7) is 0. The van der Waals surface area contributed by atoms with Crippen LogP contribution in [0.5, 0.6) is 0 Å². The molecule has 20 heavy (non-hydrogen) atoms. The molecule has 0 fully saturated rings. The van der Waals surface area contributed by atoms with E-state index in [1.165, 1.54) is 0 Å². The van der Waals surface area contributed by atoms with Crippen LogP contribution in [0.3, 0.4) is 0 Å². The molecular weight excluding hydrogens is 256 g/mol. The molecule has 0 aliphatic rings. The molecule has 0 N–H and O–H groups in total. The lowest BCUT2D eigenvalue weighted by atomic mass is 10.2. The van der Waals surface area contributed by atoms with E-state index in [-0.39, 0.29) is 0 Å². The van der Waals surface area contributed by atoms with Gasteiger partial charge in [-0.15, -0.1) is 0 Å². The summed E-state index contributed by atoms with van der Waals surface area (Å²) in [7, 11) is 1.96. The fourth-order valence-corrected chi connectivity index (χ4v) is 2.12. The Balaban J connectivity index is 1.79. The first-order chi connectivity index (χ1) is 9.81. The minimum atomic E-state index is 0.367. The maximum absolute atomic E-state index is 5.23. The van der Waals surface area contributed by atoms with Gasteiger partial charge in [-0.1, -0.05) is 5.16 Å². The molecule has 0 unspecified atom stereocenters. The van der Waals surface area contributed by atoms with Crippen LogP contribution < -0.4 is 0 Å². The molecule has 0 atom stereocenters. The molecule has 1 aromatic carbocycles. The Morgan fingerprint density at radius 3 is 3.00 bits per heavy atom. The van der Waals surface area contributed by atoms with Crippen LogP contribution in [0, 0.1) is 0 Å². The van der Waals surface area contributed by atoms with Crippen molar-refractivity contribution in [3.8, 4) is 23.0 Å². The first kappa shape index (κ1) is 11.0. The zero-order valence-electron chi connectivity index (χ0n) is 10.6. The molecule has 0 spiro atoms. The molecule has 0 saturated heterocycles. The SMILES string of the molecule is Cn1cnc2cc(-c3noc(-c4ccco4)n3)ccc21. The van der Waals surface area contributed by atoms with Crippen molar-refractivity contribution in [3.63, 3.8) is 0 Å². The van der Waals surface area contributed by atoms with Crippen molar-refractivity contribution >= 4 is 11.0 Å². The van der Waals surface area contributed by atoms with Gasteiger partial charge in [-0.25, -0.2) is 4.98 Å². The van der Waals surface area contributed by atoms with Gasteiger partial charge in [0.15, 0.2) is 5.76 Å². The van der Waals surface area contributed by atoms with Gasteiger partial charge in [0.25, 0.3) is 5.89 Å². The minimum Gasteiger partial charge on any atom is -0.459 e. The Labute approximate surface area is 113 Å². The monoisotopic (exact) mass is 266 g/mol. The smallest absolute Gasteiger partial charge is 0.293 e. The number of furan rings is 1. The zero-order chi connectivity index (χ0) is 13.5. The summed E-state index contributed by atoms with van der Waals surface area (Å²) in [5.74, 6) is 1.44. The highest BCUT2D eigenvalue weighted by Gasteiger charge is 2.13. The Kier molecular flexibility index (Phi) is 2.23. The van der Waals surface area contributed by atoms with E-state index in [9.17, 15) is 0 Å². The lowest BCUT2D eigenvalue weighted by Gasteiger charge is -1.96. The predicted octanol–water partition coefficient (Wildman–Crippen LogP) is 2.88. The number of nitrogens with zero attached hydrogens (tertiary/aromatic N) is 4. The van der Waals surface area contributed by atoms with Crippen LogP contribution in [0.25, 0.3) is 34.1 Å². The van der Waals surface area contributed by atoms with Crippen molar-refractivity contribution in [1.82, 2.24) is 19.7 Å². The molecule has 3 heterocycles. The van der Waals surface area contributed by atoms with Crippen molar-refractivity contribution in [2.24, 2.45) is 7.05 Å². The lowest BCUT2D eigenvalue weighted by Crippen LogP contribution is -1.85. The van der Waals surface area contributed by atoms with E-state index in [0.717, 1.165) is 16.6 Å². The van der Waals surface area contributed by atoms with Crippen LogP contribution in [0.2, 0.25) is 0 Å². The fraction of sp³-hybridized carbons (Fsp3) is 0.0714. The van der Waals surface area contributed by atoms with Gasteiger partial charge in [-0.05, 0) is 30.3 Å². The lowest BCUT2D eigenvalue weighted by molar-refractivity contribution is 0.417. The van der Waals surface area contributed by atoms with Crippen molar-refractivity contribution in [3.05, 3.63) is 42.9 Å². The Bertz CT molecular complexity index is 874. The zero-order valence-corrected chi connectivity index (χ0v) is 10.6. The molecule has 0 bridgehead atoms. The van der Waals surface area contributed by atoms with Gasteiger partial charge < -0.3 is 13.5 Å². The van der Waals surface area contributed by atoms with Crippen LogP contribution in [-0.2, 0) is 7.05 Å². The summed E-state index contributed by atoms with van der Waals surface area (Å²) in [6.07, 6.45) is 3.35. The van der Waals surface area contributed by atoms with Crippen molar-refractivity contribution in [1.29, 1.82) is 0 Å². The Morgan fingerprint density at radius 1 is 1.20 bits per heavy atom. The van der Waals surface area contributed by atoms with Gasteiger partial charge >= 0.3 is 0 Å². The van der Waals surface area contributed by atoms with Crippen LogP contribution in [0.4, 0.5) is 0 Å². The normalized spacial score (nSPS) is 11.2. The Hall–Kier alpha value is -2.89. The molecule has 4 aromatic rings. The highest BCUT2D eigenvalue weighted by Crippen LogP contribution is 2.24. The molecule has 0 amide bonds. The number of aryl methyl sites for hydroxylation is 1. The maximum Gasteiger partial charge on any atom is 0.293 e. The number of hydrogen-bond acceptors (Lipinski definition) is 5. The average molecular weight is 266 g/mol. The van der Waals surface area contributed by atoms with Crippen LogP contribution in [0.15, 0.2) is 51.9 Å². The first-order valence-corrected chi connectivity index (χ1v) is 6.10. The second kappa shape index (κ2) is 4.06. The number of imidazole rings is 1. The highest BCUT2D eigenvalue weighted by atomic mass is 16.5. The van der Waals surface area contributed by atoms with Crippen molar-refractivity contribution in [2.45, 2.75) is 0 Å². The van der Waals surface area contributed by atoms with Crippen LogP contribution >= 0.6 is 0 Å². The number of hydrogen-bond donors (Lipinski definition) is 0. The highest BCUT2D eigenvalue weighted by molar-refractivity contribution is 5.80. The molecule has 6 heteroatoms. The van der Waals surface area contributed by atoms with Crippen molar-refractivity contribution in [2.75, 3.05) is 0 Å². The maximum atomic E-state index is 5.23. The minimum absolute atomic E-state index is 0.367. The van der Waals surface area contributed by atoms with E-state index in [1.807, 2.05) is 29.8 Å². The summed E-state index contributed by atoms with van der Waals surface area (Å²) in [6, 6.07) is 9.42. The third kappa shape index (κ3) is 1.62. The van der Waals surface area contributed by atoms with E-state index < -0.39 is 0 Å². The van der Waals surface area contributed by atoms with Gasteiger partial charge in [0.1, 0.15) is 0 Å². The summed E-state index contributed by atoms with van der Waals surface area (Å²) in [5.41, 5.74) is 2.82. The summed E-state index contributed by atoms with van der Waals surface area (Å²) in [4.78, 5) is 8.65. The third-order valence-electron chi connectivity index (χ3n) is 3.14. The van der Waals surface area contributed by atoms with Crippen molar-refractivity contribution < 1.29 is 8.94 Å². The van der Waals surface area contributed by atoms with Crippen LogP contribution in [-0.4, -0.2) is 19.7 Å². The molecule has 0 aliphatic heterocycles. The molecule has 4 rings (SSSR count). The molecular formula is C14H10N4O2. The molecule has 0 saturated carbocycles. The van der Waals surface area contributed by atoms with E-state index in [4.69, 9.17) is 8.94 Å². The van der Waals surface area contributed by atoms with Gasteiger partial charge in [0.2, 0.25) is 5.82 Å². The van der Waals surface area contributed by atoms with Gasteiger partial charge in [0, 0.05) is 12.6 Å². The quantitative estimate of drug-likeness (QED) is 0.558. The summed E-state index contributed by atoms with van der Waals surface area (Å²) in [5, 5.41) is 3.98. The van der Waals surface area contributed by atoms with E-state index in [0.29, 0.717) is 17.5 Å². The third-order valence-corrected chi connectivity index (χ3v) is 3.14. The topological polar surface area (TPSA) is 69.9 Å². The second-order valence-electron chi connectivity index (χ2n) is 4.46. The first-order valence-electron chi connectivity index (χ1n) is 6.10. The van der Waals surface area contributed by atoms with Gasteiger partial charge in [-0.3, -0.25) is 0 Å². The molecule has 6 nitrogen and oxygen atoms in total. The van der Waals surface area contributed by atoms with Gasteiger partial charge in [-0.2, -0.15) is 4.98 Å². The summed E-state index contributed by atoms with van der Waals surface area (Å²) >= 11 is 0. The molecule has 3 aromatic heterocycles. The second-order valence-corrected chi connectivity index (χ2v) is 4.46. The molecule has 0 aliphatic carbocycles. The predicted molar refractivity (Wildman–Crippen MR) is 71.7 cm³/mol. The standard InChI is InChI=1S/C14H10N4O2/c1-18-8-15-10-7-9(4-5-11(10)18)13-16-14(20-17-13)12-3-2-6-19-12/h2-8H,1H3. The largest absolute Gasteiger partial charge is 0.459 e. The fourth-order valence-electron chi connectivity index (χ4n) is 2.12. The molecule has 0 radical (unpaired) electrons. The van der Waals surface area contributed by atoms with Crippen LogP contribution in [0.1, 0.15) is 0 Å². The number of aromatic nitrogens is 4. The van der Waals surface area contributed by atoms with E-state index in [1.54, 1.807) is 24.7 Å². The van der Waals surface area contributed by atoms with E-state index in [2.05, 4.69) is 15.1 Å². The summed E-state index contributed by atoms with van der Waals surface area (Å²) < 4.78 is 12.4. The number of rotatable bonds is 2. The number of fused-ring (bicyclic) bond motifs is 1. The van der Waals surface area contributed by atoms with Gasteiger partial charge in [0.05, 0.1) is 23.6 Å². The average Bonchev–Trinajstić information content (AvgIpc) is 3.18. The molecule has 98 valence electrons. The van der Waals surface area contributed by atoms with E-state index >= 15 is 0 Å². The Morgan fingerprint density at radius 2 is 2.15 bits per heavy atom.